The minimum atomic E-state index is -1.06. The molecule has 0 aliphatic carbocycles. The minimum absolute atomic E-state index is 0.0378. The Kier molecular flexibility index (Phi) is 6.00. The molecule has 0 bridgehead atoms. The van der Waals surface area contributed by atoms with Gasteiger partial charge < -0.3 is 10.0 Å². The number of benzene rings is 2. The molecular weight excluding hydrogens is 374 g/mol. The van der Waals surface area contributed by atoms with Crippen molar-refractivity contribution in [3.8, 4) is 0 Å². The van der Waals surface area contributed by atoms with E-state index in [1.807, 2.05) is 89.4 Å². The Labute approximate surface area is 178 Å². The zero-order chi connectivity index (χ0) is 21.0. The summed E-state index contributed by atoms with van der Waals surface area (Å²) in [5.41, 5.74) is 0.765. The van der Waals surface area contributed by atoms with Crippen LogP contribution < -0.4 is 0 Å². The molecule has 5 heteroatoms. The Balaban J connectivity index is 1.47. The molecule has 0 unspecified atom stereocenters. The predicted octanol–water partition coefficient (Wildman–Crippen LogP) is 4.01. The van der Waals surface area contributed by atoms with Gasteiger partial charge in [-0.05, 0) is 42.9 Å². The van der Waals surface area contributed by atoms with E-state index < -0.39 is 5.60 Å². The number of likely N-dealkylation sites (tertiary alicyclic amines) is 1. The molecule has 1 N–H and O–H groups in total. The van der Waals surface area contributed by atoms with Crippen LogP contribution in [0, 0.1) is 5.92 Å². The highest BCUT2D eigenvalue weighted by Gasteiger charge is 2.42. The van der Waals surface area contributed by atoms with Gasteiger partial charge in [-0.3, -0.25) is 9.48 Å². The van der Waals surface area contributed by atoms with Crippen LogP contribution in [0.15, 0.2) is 79.1 Å². The minimum Gasteiger partial charge on any atom is -0.380 e. The molecule has 1 aliphatic heterocycles. The third kappa shape index (κ3) is 4.03. The summed E-state index contributed by atoms with van der Waals surface area (Å²) in [6.45, 7) is 3.34. The van der Waals surface area contributed by atoms with Crippen LogP contribution in [-0.2, 0) is 10.4 Å². The van der Waals surface area contributed by atoms with E-state index in [0.717, 1.165) is 24.0 Å². The van der Waals surface area contributed by atoms with Gasteiger partial charge >= 0.3 is 0 Å². The first-order valence-corrected chi connectivity index (χ1v) is 10.7. The molecule has 1 saturated heterocycles. The molecular formula is C25H29N3O2. The summed E-state index contributed by atoms with van der Waals surface area (Å²) in [7, 11) is 0. The number of rotatable bonds is 6. The van der Waals surface area contributed by atoms with Crippen molar-refractivity contribution < 1.29 is 9.90 Å². The van der Waals surface area contributed by atoms with Crippen molar-refractivity contribution in [3.63, 3.8) is 0 Å². The van der Waals surface area contributed by atoms with Crippen LogP contribution in [0.2, 0.25) is 0 Å². The molecule has 156 valence electrons. The van der Waals surface area contributed by atoms with Gasteiger partial charge in [0.25, 0.3) is 0 Å². The van der Waals surface area contributed by atoms with Crippen molar-refractivity contribution in [2.45, 2.75) is 37.8 Å². The molecule has 0 spiro atoms. The average molecular weight is 404 g/mol. The lowest BCUT2D eigenvalue weighted by Crippen LogP contribution is -2.46. The number of piperidine rings is 1. The number of hydrogen-bond donors (Lipinski definition) is 1. The zero-order valence-electron chi connectivity index (χ0n) is 17.4. The van der Waals surface area contributed by atoms with E-state index in [4.69, 9.17) is 0 Å². The molecule has 5 nitrogen and oxygen atoms in total. The Morgan fingerprint density at radius 2 is 1.60 bits per heavy atom. The van der Waals surface area contributed by atoms with E-state index in [2.05, 4.69) is 5.10 Å². The number of hydrogen-bond acceptors (Lipinski definition) is 3. The standard InChI is InChI=1S/C25H29N3O2/c1-20(28-16-8-15-26-28)19-24(29)27-17-13-23(14-18-27)25(30,21-9-4-2-5-10-21)22-11-6-3-7-12-22/h2-12,15-16,20,23,30H,13-14,17-19H2,1H3/t20-/m0/s1. The highest BCUT2D eigenvalue weighted by molar-refractivity contribution is 5.76. The second-order valence-electron chi connectivity index (χ2n) is 8.19. The molecule has 1 atom stereocenters. The molecule has 30 heavy (non-hydrogen) atoms. The quantitative estimate of drug-likeness (QED) is 0.677. The Morgan fingerprint density at radius 3 is 2.10 bits per heavy atom. The smallest absolute Gasteiger partial charge is 0.224 e. The van der Waals surface area contributed by atoms with E-state index in [1.165, 1.54) is 0 Å². The number of nitrogens with zero attached hydrogens (tertiary/aromatic N) is 3. The van der Waals surface area contributed by atoms with E-state index >= 15 is 0 Å². The molecule has 1 amide bonds. The van der Waals surface area contributed by atoms with Crippen molar-refractivity contribution >= 4 is 5.91 Å². The van der Waals surface area contributed by atoms with Gasteiger partial charge in [-0.2, -0.15) is 5.10 Å². The fourth-order valence-electron chi connectivity index (χ4n) is 4.59. The number of amides is 1. The second-order valence-corrected chi connectivity index (χ2v) is 8.19. The van der Waals surface area contributed by atoms with Gasteiger partial charge in [0.15, 0.2) is 0 Å². The average Bonchev–Trinajstić information content (AvgIpc) is 3.35. The van der Waals surface area contributed by atoms with Gasteiger partial charge in [-0.1, -0.05) is 60.7 Å². The van der Waals surface area contributed by atoms with Crippen LogP contribution in [0.25, 0.3) is 0 Å². The van der Waals surface area contributed by atoms with Gasteiger partial charge in [0.1, 0.15) is 5.60 Å². The lowest BCUT2D eigenvalue weighted by Gasteiger charge is -2.42. The van der Waals surface area contributed by atoms with Crippen LogP contribution in [0.1, 0.15) is 43.4 Å². The molecule has 0 saturated carbocycles. The maximum absolute atomic E-state index is 12.8. The number of aromatic nitrogens is 2. The third-order valence-corrected chi connectivity index (χ3v) is 6.31. The van der Waals surface area contributed by atoms with Gasteiger partial charge in [0, 0.05) is 31.9 Å². The fraction of sp³-hybridized carbons (Fsp3) is 0.360. The third-order valence-electron chi connectivity index (χ3n) is 6.31. The van der Waals surface area contributed by atoms with Crippen LogP contribution in [0.5, 0.6) is 0 Å². The summed E-state index contributed by atoms with van der Waals surface area (Å²) in [5.74, 6) is 0.203. The fourth-order valence-corrected chi connectivity index (χ4v) is 4.59. The maximum Gasteiger partial charge on any atom is 0.224 e. The largest absolute Gasteiger partial charge is 0.380 e. The molecule has 2 heterocycles. The normalized spacial score (nSPS) is 16.4. The summed E-state index contributed by atoms with van der Waals surface area (Å²) in [6.07, 6.45) is 5.60. The van der Waals surface area contributed by atoms with Crippen LogP contribution >= 0.6 is 0 Å². The predicted molar refractivity (Wildman–Crippen MR) is 117 cm³/mol. The Hall–Kier alpha value is -2.92. The Morgan fingerprint density at radius 1 is 1.03 bits per heavy atom. The highest BCUT2D eigenvalue weighted by atomic mass is 16.3. The second kappa shape index (κ2) is 8.84. The topological polar surface area (TPSA) is 58.4 Å². The van der Waals surface area contributed by atoms with Gasteiger partial charge in [-0.25, -0.2) is 0 Å². The summed E-state index contributed by atoms with van der Waals surface area (Å²) in [5, 5.41) is 16.2. The molecule has 2 aromatic carbocycles. The van der Waals surface area contributed by atoms with Crippen molar-refractivity contribution in [1.82, 2.24) is 14.7 Å². The van der Waals surface area contributed by atoms with Gasteiger partial charge in [0.2, 0.25) is 5.91 Å². The van der Waals surface area contributed by atoms with Gasteiger partial charge in [0.05, 0.1) is 6.04 Å². The molecule has 0 radical (unpaired) electrons. The first kappa shape index (κ1) is 20.4. The molecule has 4 rings (SSSR count). The first-order valence-electron chi connectivity index (χ1n) is 10.7. The summed E-state index contributed by atoms with van der Waals surface area (Å²) < 4.78 is 1.83. The van der Waals surface area contributed by atoms with Crippen molar-refractivity contribution in [2.24, 2.45) is 5.92 Å². The first-order chi connectivity index (χ1) is 14.6. The van der Waals surface area contributed by atoms with Crippen LogP contribution in [0.3, 0.4) is 0 Å². The Bertz CT molecular complexity index is 894. The lowest BCUT2D eigenvalue weighted by molar-refractivity contribution is -0.134. The van der Waals surface area contributed by atoms with Crippen LogP contribution in [-0.4, -0.2) is 38.8 Å². The van der Waals surface area contributed by atoms with E-state index in [-0.39, 0.29) is 17.9 Å². The van der Waals surface area contributed by atoms with Gasteiger partial charge in [-0.15, -0.1) is 0 Å². The van der Waals surface area contributed by atoms with Crippen LogP contribution in [0.4, 0.5) is 0 Å². The lowest BCUT2D eigenvalue weighted by atomic mass is 9.72. The number of aliphatic hydroxyl groups is 1. The molecule has 1 fully saturated rings. The highest BCUT2D eigenvalue weighted by Crippen LogP contribution is 2.42. The number of carbonyl (C=O) groups is 1. The summed E-state index contributed by atoms with van der Waals surface area (Å²) in [6, 6.07) is 21.7. The van der Waals surface area contributed by atoms with E-state index in [9.17, 15) is 9.90 Å². The van der Waals surface area contributed by atoms with Crippen molar-refractivity contribution in [3.05, 3.63) is 90.3 Å². The maximum atomic E-state index is 12.8. The monoisotopic (exact) mass is 403 g/mol. The summed E-state index contributed by atoms with van der Waals surface area (Å²) >= 11 is 0. The van der Waals surface area contributed by atoms with Crippen molar-refractivity contribution in [2.75, 3.05) is 13.1 Å². The van der Waals surface area contributed by atoms with Crippen molar-refractivity contribution in [1.29, 1.82) is 0 Å². The molecule has 1 aliphatic rings. The zero-order valence-corrected chi connectivity index (χ0v) is 17.4. The molecule has 3 aromatic rings. The number of carbonyl (C=O) groups excluding carboxylic acids is 1. The van der Waals surface area contributed by atoms with E-state index in [0.29, 0.717) is 19.5 Å². The molecule has 1 aromatic heterocycles. The summed E-state index contributed by atoms with van der Waals surface area (Å²) in [4.78, 5) is 14.8. The van der Waals surface area contributed by atoms with E-state index in [1.54, 1.807) is 6.20 Å². The SMILES string of the molecule is C[C@@H](CC(=O)N1CCC(C(O)(c2ccccc2)c2ccccc2)CC1)n1cccn1.